The molecule has 2 aromatic rings. The van der Waals surface area contributed by atoms with Gasteiger partial charge in [-0.2, -0.15) is 5.10 Å². The van der Waals surface area contributed by atoms with E-state index in [2.05, 4.69) is 5.10 Å². The fourth-order valence-electron chi connectivity index (χ4n) is 2.56. The molecule has 0 radical (unpaired) electrons. The van der Waals surface area contributed by atoms with E-state index in [0.717, 1.165) is 36.3 Å². The lowest BCUT2D eigenvalue weighted by atomic mass is 10.1. The number of Topliss-reactive ketones (excluding diaryl/α,β-unsaturated/α-hetero) is 1. The second-order valence-corrected chi connectivity index (χ2v) is 5.12. The first-order valence-electron chi connectivity index (χ1n) is 7.02. The molecule has 1 aliphatic heterocycles. The standard InChI is InChI=1S/C16H18N2O2/c1-12(19)13-5-7-14(8-6-13)15-9-10-17-18(15)16-4-2-3-11-20-16/h5-10,16H,2-4,11H2,1H3. The minimum atomic E-state index is 0.0289. The van der Waals surface area contributed by atoms with E-state index in [1.54, 1.807) is 13.1 Å². The predicted molar refractivity (Wildman–Crippen MR) is 76.5 cm³/mol. The molecule has 1 unspecified atom stereocenters. The maximum Gasteiger partial charge on any atom is 0.159 e. The van der Waals surface area contributed by atoms with Crippen molar-refractivity contribution < 1.29 is 9.53 Å². The van der Waals surface area contributed by atoms with Crippen molar-refractivity contribution in [1.29, 1.82) is 0 Å². The average Bonchev–Trinajstić information content (AvgIpc) is 2.97. The molecule has 0 spiro atoms. The van der Waals surface area contributed by atoms with E-state index in [-0.39, 0.29) is 12.0 Å². The van der Waals surface area contributed by atoms with Crippen LogP contribution in [0.5, 0.6) is 0 Å². The van der Waals surface area contributed by atoms with Crippen LogP contribution in [0.25, 0.3) is 11.3 Å². The van der Waals surface area contributed by atoms with Crippen molar-refractivity contribution >= 4 is 5.78 Å². The number of aromatic nitrogens is 2. The van der Waals surface area contributed by atoms with Crippen molar-refractivity contribution in [2.24, 2.45) is 0 Å². The lowest BCUT2D eigenvalue weighted by Gasteiger charge is -2.24. The summed E-state index contributed by atoms with van der Waals surface area (Å²) in [4.78, 5) is 11.3. The number of hydrogen-bond donors (Lipinski definition) is 0. The molecule has 1 atom stereocenters. The SMILES string of the molecule is CC(=O)c1ccc(-c2ccnn2C2CCCCO2)cc1. The maximum absolute atomic E-state index is 11.3. The molecular formula is C16H18N2O2. The summed E-state index contributed by atoms with van der Waals surface area (Å²) in [7, 11) is 0. The highest BCUT2D eigenvalue weighted by Crippen LogP contribution is 2.28. The van der Waals surface area contributed by atoms with E-state index < -0.39 is 0 Å². The quantitative estimate of drug-likeness (QED) is 0.802. The van der Waals surface area contributed by atoms with E-state index in [1.807, 2.05) is 35.0 Å². The smallest absolute Gasteiger partial charge is 0.159 e. The molecule has 0 N–H and O–H groups in total. The molecule has 0 saturated carbocycles. The number of rotatable bonds is 3. The van der Waals surface area contributed by atoms with Gasteiger partial charge in [-0.3, -0.25) is 4.79 Å². The Kier molecular flexibility index (Phi) is 3.65. The van der Waals surface area contributed by atoms with Crippen molar-refractivity contribution in [3.05, 3.63) is 42.1 Å². The van der Waals surface area contributed by atoms with Gasteiger partial charge in [-0.25, -0.2) is 4.68 Å². The van der Waals surface area contributed by atoms with Gasteiger partial charge in [0.25, 0.3) is 0 Å². The molecular weight excluding hydrogens is 252 g/mol. The summed E-state index contributed by atoms with van der Waals surface area (Å²) >= 11 is 0. The van der Waals surface area contributed by atoms with Crippen molar-refractivity contribution in [3.8, 4) is 11.3 Å². The van der Waals surface area contributed by atoms with Gasteiger partial charge in [-0.1, -0.05) is 24.3 Å². The summed E-state index contributed by atoms with van der Waals surface area (Å²) in [5.41, 5.74) is 2.82. The Labute approximate surface area is 118 Å². The van der Waals surface area contributed by atoms with Gasteiger partial charge in [0.15, 0.2) is 12.0 Å². The van der Waals surface area contributed by atoms with Gasteiger partial charge < -0.3 is 4.74 Å². The average molecular weight is 270 g/mol. The molecule has 1 aromatic carbocycles. The minimum Gasteiger partial charge on any atom is -0.356 e. The Bertz CT molecular complexity index is 595. The topological polar surface area (TPSA) is 44.1 Å². The van der Waals surface area contributed by atoms with Crippen LogP contribution in [0.4, 0.5) is 0 Å². The van der Waals surface area contributed by atoms with E-state index in [9.17, 15) is 4.79 Å². The Morgan fingerprint density at radius 2 is 2.05 bits per heavy atom. The van der Waals surface area contributed by atoms with Crippen molar-refractivity contribution in [2.45, 2.75) is 32.4 Å². The van der Waals surface area contributed by atoms with Crippen LogP contribution in [-0.4, -0.2) is 22.2 Å². The zero-order valence-corrected chi connectivity index (χ0v) is 11.6. The molecule has 4 nitrogen and oxygen atoms in total. The molecule has 1 aromatic heterocycles. The van der Waals surface area contributed by atoms with Crippen LogP contribution in [0, 0.1) is 0 Å². The molecule has 104 valence electrons. The number of ketones is 1. The molecule has 0 amide bonds. The molecule has 4 heteroatoms. The highest BCUT2D eigenvalue weighted by molar-refractivity contribution is 5.94. The van der Waals surface area contributed by atoms with Crippen LogP contribution in [0.15, 0.2) is 36.5 Å². The highest BCUT2D eigenvalue weighted by Gasteiger charge is 2.19. The highest BCUT2D eigenvalue weighted by atomic mass is 16.5. The zero-order valence-electron chi connectivity index (χ0n) is 11.6. The Morgan fingerprint density at radius 1 is 1.25 bits per heavy atom. The van der Waals surface area contributed by atoms with Gasteiger partial charge in [-0.15, -0.1) is 0 Å². The Balaban J connectivity index is 1.90. The fraction of sp³-hybridized carbons (Fsp3) is 0.375. The largest absolute Gasteiger partial charge is 0.356 e. The van der Waals surface area contributed by atoms with Crippen LogP contribution in [0.3, 0.4) is 0 Å². The van der Waals surface area contributed by atoms with Crippen molar-refractivity contribution in [3.63, 3.8) is 0 Å². The third kappa shape index (κ3) is 2.51. The molecule has 0 bridgehead atoms. The minimum absolute atomic E-state index is 0.0289. The molecule has 1 fully saturated rings. The summed E-state index contributed by atoms with van der Waals surface area (Å²) < 4.78 is 7.74. The number of ether oxygens (including phenoxy) is 1. The summed E-state index contributed by atoms with van der Waals surface area (Å²) in [5, 5.41) is 4.40. The maximum atomic E-state index is 11.3. The molecule has 1 aliphatic rings. The normalized spacial score (nSPS) is 18.9. The lowest BCUT2D eigenvalue weighted by molar-refractivity contribution is -0.0383. The van der Waals surface area contributed by atoms with Crippen LogP contribution in [0.1, 0.15) is 42.8 Å². The van der Waals surface area contributed by atoms with Crippen LogP contribution < -0.4 is 0 Å². The summed E-state index contributed by atoms with van der Waals surface area (Å²) in [6, 6.07) is 9.63. The van der Waals surface area contributed by atoms with E-state index in [0.29, 0.717) is 0 Å². The number of carbonyl (C=O) groups excluding carboxylic acids is 1. The predicted octanol–water partition coefficient (Wildman–Crippen LogP) is 3.45. The van der Waals surface area contributed by atoms with Crippen LogP contribution in [0.2, 0.25) is 0 Å². The molecule has 20 heavy (non-hydrogen) atoms. The first kappa shape index (κ1) is 13.1. The van der Waals surface area contributed by atoms with Crippen molar-refractivity contribution in [1.82, 2.24) is 9.78 Å². The van der Waals surface area contributed by atoms with Crippen molar-refractivity contribution in [2.75, 3.05) is 6.61 Å². The second kappa shape index (κ2) is 5.59. The third-order valence-electron chi connectivity index (χ3n) is 3.69. The third-order valence-corrected chi connectivity index (χ3v) is 3.69. The van der Waals surface area contributed by atoms with E-state index >= 15 is 0 Å². The van der Waals surface area contributed by atoms with E-state index in [4.69, 9.17) is 4.74 Å². The summed E-state index contributed by atoms with van der Waals surface area (Å²) in [6.07, 6.45) is 5.13. The monoisotopic (exact) mass is 270 g/mol. The van der Waals surface area contributed by atoms with Gasteiger partial charge >= 0.3 is 0 Å². The Morgan fingerprint density at radius 3 is 2.70 bits per heavy atom. The first-order chi connectivity index (χ1) is 9.75. The van der Waals surface area contributed by atoms with Crippen LogP contribution >= 0.6 is 0 Å². The molecule has 0 aliphatic carbocycles. The van der Waals surface area contributed by atoms with Crippen LogP contribution in [-0.2, 0) is 4.74 Å². The van der Waals surface area contributed by atoms with Gasteiger partial charge in [-0.05, 0) is 37.8 Å². The summed E-state index contributed by atoms with van der Waals surface area (Å²) in [6.45, 7) is 2.38. The number of nitrogens with zero attached hydrogens (tertiary/aromatic N) is 2. The second-order valence-electron chi connectivity index (χ2n) is 5.12. The Hall–Kier alpha value is -1.94. The first-order valence-corrected chi connectivity index (χ1v) is 7.02. The molecule has 1 saturated heterocycles. The summed E-state index contributed by atoms with van der Waals surface area (Å²) in [5.74, 6) is 0.0840. The number of hydrogen-bond acceptors (Lipinski definition) is 3. The van der Waals surface area contributed by atoms with E-state index in [1.165, 1.54) is 6.42 Å². The van der Waals surface area contributed by atoms with Gasteiger partial charge in [0.1, 0.15) is 0 Å². The number of benzene rings is 1. The lowest BCUT2D eigenvalue weighted by Crippen LogP contribution is -2.19. The molecule has 2 heterocycles. The molecule has 3 rings (SSSR count). The van der Waals surface area contributed by atoms with Gasteiger partial charge in [0.05, 0.1) is 5.69 Å². The zero-order chi connectivity index (χ0) is 13.9. The fourth-order valence-corrected chi connectivity index (χ4v) is 2.56. The van der Waals surface area contributed by atoms with Gasteiger partial charge in [0, 0.05) is 18.4 Å². The number of carbonyl (C=O) groups is 1. The van der Waals surface area contributed by atoms with Gasteiger partial charge in [0.2, 0.25) is 0 Å².